The summed E-state index contributed by atoms with van der Waals surface area (Å²) in [6, 6.07) is 2.09. The fourth-order valence-electron chi connectivity index (χ4n) is 1.53. The molecule has 0 amide bonds. The molecular weight excluding hydrogens is 188 g/mol. The molecule has 1 aromatic rings. The van der Waals surface area contributed by atoms with Gasteiger partial charge in [0.2, 0.25) is 0 Å². The summed E-state index contributed by atoms with van der Waals surface area (Å²) in [6.45, 7) is 9.46. The molecule has 15 heavy (non-hydrogen) atoms. The molecule has 1 aromatic heterocycles. The fourth-order valence-corrected chi connectivity index (χ4v) is 1.53. The number of hydrogen-bond donors (Lipinski definition) is 3. The zero-order chi connectivity index (χ0) is 11.5. The predicted octanol–water partition coefficient (Wildman–Crippen LogP) is 1.65. The topological polar surface area (TPSA) is 48.0 Å². The Kier molecular flexibility index (Phi) is 3.58. The van der Waals surface area contributed by atoms with Crippen LogP contribution in [0.2, 0.25) is 0 Å². The average molecular weight is 210 g/mol. The van der Waals surface area contributed by atoms with Crippen molar-refractivity contribution in [2.45, 2.75) is 38.7 Å². The van der Waals surface area contributed by atoms with E-state index >= 15 is 0 Å². The van der Waals surface area contributed by atoms with Gasteiger partial charge in [-0.05, 0) is 25.5 Å². The predicted molar refractivity (Wildman–Crippen MR) is 63.0 cm³/mol. The van der Waals surface area contributed by atoms with Crippen molar-refractivity contribution < 1.29 is 5.11 Å². The molecule has 0 aliphatic rings. The first-order chi connectivity index (χ1) is 6.81. The number of nitrogens with one attached hydrogen (secondary N) is 2. The van der Waals surface area contributed by atoms with Crippen LogP contribution < -0.4 is 5.32 Å². The average Bonchev–Trinajstić information content (AvgIpc) is 2.52. The van der Waals surface area contributed by atoms with Gasteiger partial charge in [-0.25, -0.2) is 0 Å². The standard InChI is InChI=1S/C12H22N2O/c1-11(2,10-5-6-13-7-10)8-14-9-12(3,4)15/h5-7,13-15H,8-9H2,1-4H3. The van der Waals surface area contributed by atoms with Crippen LogP contribution in [0.1, 0.15) is 33.3 Å². The first-order valence-corrected chi connectivity index (χ1v) is 5.38. The van der Waals surface area contributed by atoms with Crippen LogP contribution in [0.3, 0.4) is 0 Å². The van der Waals surface area contributed by atoms with Gasteiger partial charge in [-0.2, -0.15) is 0 Å². The van der Waals surface area contributed by atoms with Crippen molar-refractivity contribution in [3.05, 3.63) is 24.0 Å². The molecule has 3 N–H and O–H groups in total. The molecule has 3 heteroatoms. The van der Waals surface area contributed by atoms with Gasteiger partial charge in [0.05, 0.1) is 5.60 Å². The highest BCUT2D eigenvalue weighted by Gasteiger charge is 2.21. The van der Waals surface area contributed by atoms with Crippen molar-refractivity contribution in [1.29, 1.82) is 0 Å². The fraction of sp³-hybridized carbons (Fsp3) is 0.667. The summed E-state index contributed by atoms with van der Waals surface area (Å²) in [5, 5.41) is 12.9. The van der Waals surface area contributed by atoms with E-state index in [1.54, 1.807) is 0 Å². The molecule has 3 nitrogen and oxygen atoms in total. The number of hydrogen-bond acceptors (Lipinski definition) is 2. The molecule has 1 rings (SSSR count). The van der Waals surface area contributed by atoms with E-state index in [4.69, 9.17) is 0 Å². The third-order valence-corrected chi connectivity index (χ3v) is 2.50. The number of aromatic amines is 1. The van der Waals surface area contributed by atoms with Crippen LogP contribution in [0, 0.1) is 0 Å². The van der Waals surface area contributed by atoms with Crippen molar-refractivity contribution in [2.24, 2.45) is 0 Å². The first-order valence-electron chi connectivity index (χ1n) is 5.38. The van der Waals surface area contributed by atoms with Crippen molar-refractivity contribution >= 4 is 0 Å². The summed E-state index contributed by atoms with van der Waals surface area (Å²) in [7, 11) is 0. The summed E-state index contributed by atoms with van der Waals surface area (Å²) in [6.07, 6.45) is 3.96. The van der Waals surface area contributed by atoms with E-state index in [1.165, 1.54) is 5.56 Å². The maximum Gasteiger partial charge on any atom is 0.0715 e. The lowest BCUT2D eigenvalue weighted by Crippen LogP contribution is -2.40. The molecule has 0 aromatic carbocycles. The second-order valence-corrected chi connectivity index (χ2v) is 5.40. The molecule has 0 aliphatic carbocycles. The smallest absolute Gasteiger partial charge is 0.0715 e. The van der Waals surface area contributed by atoms with Gasteiger partial charge >= 0.3 is 0 Å². The minimum Gasteiger partial charge on any atom is -0.389 e. The normalized spacial score (nSPS) is 13.1. The largest absolute Gasteiger partial charge is 0.389 e. The van der Waals surface area contributed by atoms with Crippen LogP contribution in [0.4, 0.5) is 0 Å². The second-order valence-electron chi connectivity index (χ2n) is 5.40. The molecule has 0 fully saturated rings. The lowest BCUT2D eigenvalue weighted by Gasteiger charge is -2.26. The molecular formula is C12H22N2O. The number of rotatable bonds is 5. The molecule has 0 radical (unpaired) electrons. The van der Waals surface area contributed by atoms with Crippen LogP contribution in [0.15, 0.2) is 18.5 Å². The molecule has 0 saturated heterocycles. The van der Waals surface area contributed by atoms with Crippen LogP contribution in [-0.2, 0) is 5.41 Å². The minimum atomic E-state index is -0.645. The molecule has 0 aliphatic heterocycles. The van der Waals surface area contributed by atoms with E-state index in [9.17, 15) is 5.11 Å². The Bertz CT molecular complexity index is 283. The van der Waals surface area contributed by atoms with Crippen LogP contribution in [0.25, 0.3) is 0 Å². The highest BCUT2D eigenvalue weighted by Crippen LogP contribution is 2.21. The molecule has 0 spiro atoms. The molecule has 0 unspecified atom stereocenters. The van der Waals surface area contributed by atoms with Gasteiger partial charge in [0.25, 0.3) is 0 Å². The highest BCUT2D eigenvalue weighted by atomic mass is 16.3. The lowest BCUT2D eigenvalue weighted by atomic mass is 9.86. The van der Waals surface area contributed by atoms with Crippen molar-refractivity contribution in [1.82, 2.24) is 10.3 Å². The Labute approximate surface area is 91.9 Å². The molecule has 1 heterocycles. The van der Waals surface area contributed by atoms with Crippen molar-refractivity contribution in [2.75, 3.05) is 13.1 Å². The Morgan fingerprint density at radius 2 is 1.93 bits per heavy atom. The van der Waals surface area contributed by atoms with Gasteiger partial charge in [-0.15, -0.1) is 0 Å². The van der Waals surface area contributed by atoms with Crippen molar-refractivity contribution in [3.63, 3.8) is 0 Å². The summed E-state index contributed by atoms with van der Waals surface area (Å²) in [5.74, 6) is 0. The number of H-pyrrole nitrogens is 1. The van der Waals surface area contributed by atoms with Gasteiger partial charge in [0.15, 0.2) is 0 Å². The van der Waals surface area contributed by atoms with E-state index in [2.05, 4.69) is 30.2 Å². The summed E-state index contributed by atoms with van der Waals surface area (Å²) in [5.41, 5.74) is 0.727. The molecule has 0 saturated carbocycles. The first kappa shape index (κ1) is 12.3. The van der Waals surface area contributed by atoms with Crippen LogP contribution >= 0.6 is 0 Å². The van der Waals surface area contributed by atoms with Crippen molar-refractivity contribution in [3.8, 4) is 0 Å². The lowest BCUT2D eigenvalue weighted by molar-refractivity contribution is 0.0785. The summed E-state index contributed by atoms with van der Waals surface area (Å²) < 4.78 is 0. The van der Waals surface area contributed by atoms with E-state index < -0.39 is 5.60 Å². The summed E-state index contributed by atoms with van der Waals surface area (Å²) >= 11 is 0. The Hall–Kier alpha value is -0.800. The van der Waals surface area contributed by atoms with Gasteiger partial charge in [0.1, 0.15) is 0 Å². The second kappa shape index (κ2) is 4.37. The van der Waals surface area contributed by atoms with Gasteiger partial charge in [-0.3, -0.25) is 0 Å². The van der Waals surface area contributed by atoms with E-state index in [1.807, 2.05) is 26.2 Å². The van der Waals surface area contributed by atoms with Gasteiger partial charge < -0.3 is 15.4 Å². The minimum absolute atomic E-state index is 0.0885. The Morgan fingerprint density at radius 1 is 1.27 bits per heavy atom. The quantitative estimate of drug-likeness (QED) is 0.692. The zero-order valence-corrected chi connectivity index (χ0v) is 10.1. The van der Waals surface area contributed by atoms with Gasteiger partial charge in [-0.1, -0.05) is 13.8 Å². The van der Waals surface area contributed by atoms with E-state index in [0.717, 1.165) is 6.54 Å². The Balaban J connectivity index is 2.44. The SMILES string of the molecule is CC(C)(O)CNCC(C)(C)c1cc[nH]c1. The summed E-state index contributed by atoms with van der Waals surface area (Å²) in [4.78, 5) is 3.07. The maximum absolute atomic E-state index is 9.58. The number of aromatic nitrogens is 1. The zero-order valence-electron chi connectivity index (χ0n) is 10.1. The number of aliphatic hydroxyl groups is 1. The van der Waals surface area contributed by atoms with E-state index in [0.29, 0.717) is 6.54 Å². The van der Waals surface area contributed by atoms with Crippen LogP contribution in [0.5, 0.6) is 0 Å². The van der Waals surface area contributed by atoms with E-state index in [-0.39, 0.29) is 5.41 Å². The van der Waals surface area contributed by atoms with Gasteiger partial charge in [0, 0.05) is 30.9 Å². The third kappa shape index (κ3) is 4.06. The molecule has 86 valence electrons. The monoisotopic (exact) mass is 210 g/mol. The van der Waals surface area contributed by atoms with Crippen LogP contribution in [-0.4, -0.2) is 28.8 Å². The third-order valence-electron chi connectivity index (χ3n) is 2.50. The maximum atomic E-state index is 9.58. The molecule has 0 atom stereocenters. The molecule has 0 bridgehead atoms. The Morgan fingerprint density at radius 3 is 2.40 bits per heavy atom. The highest BCUT2D eigenvalue weighted by molar-refractivity contribution is 5.20.